The van der Waals surface area contributed by atoms with E-state index < -0.39 is 0 Å². The third-order valence-electron chi connectivity index (χ3n) is 0.990. The topological polar surface area (TPSA) is 21.6 Å². The minimum absolute atomic E-state index is 0.434. The van der Waals surface area contributed by atoms with Gasteiger partial charge in [0.2, 0.25) is 0 Å². The van der Waals surface area contributed by atoms with Crippen LogP contribution in [-0.4, -0.2) is 6.21 Å². The largest absolute Gasteiger partial charge is 0.362 e. The van der Waals surface area contributed by atoms with Crippen molar-refractivity contribution >= 4 is 6.21 Å². The van der Waals surface area contributed by atoms with Crippen molar-refractivity contribution in [2.24, 2.45) is 11.1 Å². The van der Waals surface area contributed by atoms with E-state index in [0.717, 1.165) is 5.76 Å². The molecule has 0 amide bonds. The molecule has 1 unspecified atom stereocenters. The first-order chi connectivity index (χ1) is 3.79. The Morgan fingerprint density at radius 2 is 2.50 bits per heavy atom. The van der Waals surface area contributed by atoms with Crippen LogP contribution < -0.4 is 0 Å². The smallest absolute Gasteiger partial charge is 0.128 e. The zero-order valence-corrected chi connectivity index (χ0v) is 5.09. The van der Waals surface area contributed by atoms with Gasteiger partial charge in [0, 0.05) is 5.92 Å². The van der Waals surface area contributed by atoms with E-state index in [4.69, 9.17) is 4.84 Å². The summed E-state index contributed by atoms with van der Waals surface area (Å²) < 4.78 is 0. The van der Waals surface area contributed by atoms with Crippen molar-refractivity contribution in [1.82, 2.24) is 0 Å². The first kappa shape index (κ1) is 5.35. The maximum absolute atomic E-state index is 4.78. The second kappa shape index (κ2) is 1.99. The molecule has 0 saturated heterocycles. The average molecular weight is 111 g/mol. The molecule has 8 heavy (non-hydrogen) atoms. The molecule has 0 aliphatic carbocycles. The van der Waals surface area contributed by atoms with Crippen molar-refractivity contribution in [3.8, 4) is 0 Å². The highest BCUT2D eigenvalue weighted by molar-refractivity contribution is 5.62. The predicted octanol–water partition coefficient (Wildman–Crippen LogP) is 1.54. The molecule has 1 aliphatic rings. The zero-order chi connectivity index (χ0) is 5.98. The van der Waals surface area contributed by atoms with E-state index in [0.29, 0.717) is 5.92 Å². The van der Waals surface area contributed by atoms with Gasteiger partial charge in [0.1, 0.15) is 5.76 Å². The Balaban J connectivity index is 2.60. The summed E-state index contributed by atoms with van der Waals surface area (Å²) in [5.74, 6) is 1.32. The van der Waals surface area contributed by atoms with Gasteiger partial charge in [0.05, 0.1) is 6.21 Å². The summed E-state index contributed by atoms with van der Waals surface area (Å²) in [6, 6.07) is 0. The molecule has 0 radical (unpaired) electrons. The van der Waals surface area contributed by atoms with E-state index in [1.807, 2.05) is 13.0 Å². The van der Waals surface area contributed by atoms with Crippen molar-refractivity contribution in [1.29, 1.82) is 0 Å². The lowest BCUT2D eigenvalue weighted by Crippen LogP contribution is -1.98. The Bertz CT molecular complexity index is 137. The number of nitrogens with zero attached hydrogens (tertiary/aromatic N) is 1. The van der Waals surface area contributed by atoms with E-state index in [9.17, 15) is 0 Å². The van der Waals surface area contributed by atoms with E-state index in [-0.39, 0.29) is 0 Å². The van der Waals surface area contributed by atoms with Crippen molar-refractivity contribution in [3.63, 3.8) is 0 Å². The summed E-state index contributed by atoms with van der Waals surface area (Å²) in [5.41, 5.74) is 0. The quantitative estimate of drug-likeness (QED) is 0.464. The molecule has 0 N–H and O–H groups in total. The minimum atomic E-state index is 0.434. The lowest BCUT2D eigenvalue weighted by atomic mass is 10.2. The molecule has 0 aromatic carbocycles. The highest BCUT2D eigenvalue weighted by Crippen LogP contribution is 2.07. The highest BCUT2D eigenvalue weighted by Gasteiger charge is 1.99. The zero-order valence-electron chi connectivity index (χ0n) is 5.09. The van der Waals surface area contributed by atoms with Crippen LogP contribution in [-0.2, 0) is 4.84 Å². The molecular formula is C6H9NO. The number of hydrogen-bond donors (Lipinski definition) is 0. The van der Waals surface area contributed by atoms with Crippen LogP contribution in [0.15, 0.2) is 17.0 Å². The maximum atomic E-state index is 4.78. The highest BCUT2D eigenvalue weighted by atomic mass is 16.6. The molecule has 1 rings (SSSR count). The lowest BCUT2D eigenvalue weighted by Gasteiger charge is -2.05. The van der Waals surface area contributed by atoms with Gasteiger partial charge in [-0.25, -0.2) is 0 Å². The fourth-order valence-electron chi connectivity index (χ4n) is 0.653. The van der Waals surface area contributed by atoms with Gasteiger partial charge >= 0.3 is 0 Å². The third kappa shape index (κ3) is 1.09. The van der Waals surface area contributed by atoms with Crippen molar-refractivity contribution in [3.05, 3.63) is 11.8 Å². The molecule has 1 atom stereocenters. The Morgan fingerprint density at radius 1 is 1.75 bits per heavy atom. The summed E-state index contributed by atoms with van der Waals surface area (Å²) >= 11 is 0. The molecule has 2 heteroatoms. The van der Waals surface area contributed by atoms with Gasteiger partial charge < -0.3 is 4.84 Å². The normalized spacial score (nSPS) is 26.8. The Labute approximate surface area is 48.8 Å². The van der Waals surface area contributed by atoms with Gasteiger partial charge in [-0.3, -0.25) is 0 Å². The van der Waals surface area contributed by atoms with Crippen LogP contribution >= 0.6 is 0 Å². The Morgan fingerprint density at radius 3 is 2.88 bits per heavy atom. The first-order valence-electron chi connectivity index (χ1n) is 2.68. The van der Waals surface area contributed by atoms with Crippen LogP contribution in [0.25, 0.3) is 0 Å². The Hall–Kier alpha value is -0.790. The molecule has 44 valence electrons. The van der Waals surface area contributed by atoms with Crippen LogP contribution in [0.5, 0.6) is 0 Å². The monoisotopic (exact) mass is 111 g/mol. The molecule has 2 nitrogen and oxygen atoms in total. The molecule has 0 spiro atoms. The van der Waals surface area contributed by atoms with Crippen LogP contribution in [0.4, 0.5) is 0 Å². The molecule has 0 bridgehead atoms. The number of rotatable bonds is 0. The van der Waals surface area contributed by atoms with Crippen LogP contribution in [0.1, 0.15) is 13.8 Å². The number of oxime groups is 1. The van der Waals surface area contributed by atoms with E-state index in [2.05, 4.69) is 12.1 Å². The van der Waals surface area contributed by atoms with E-state index >= 15 is 0 Å². The van der Waals surface area contributed by atoms with Crippen LogP contribution in [0, 0.1) is 5.92 Å². The molecule has 0 aromatic heterocycles. The number of allylic oxidation sites excluding steroid dienone is 2. The average Bonchev–Trinajstić information content (AvgIpc) is 1.64. The standard InChI is InChI=1S/C6H9NO/c1-5-3-6(2)8-7-4-5/h3-5H,1-2H3. The van der Waals surface area contributed by atoms with Gasteiger partial charge in [-0.1, -0.05) is 12.1 Å². The predicted molar refractivity (Wildman–Crippen MR) is 32.5 cm³/mol. The summed E-state index contributed by atoms with van der Waals surface area (Å²) in [6.45, 7) is 3.96. The summed E-state index contributed by atoms with van der Waals surface area (Å²) in [6.07, 6.45) is 3.79. The van der Waals surface area contributed by atoms with Gasteiger partial charge in [-0.2, -0.15) is 0 Å². The molecule has 0 saturated carbocycles. The summed E-state index contributed by atoms with van der Waals surface area (Å²) in [5, 5.41) is 3.65. The SMILES string of the molecule is CC1=CC(C)C=NO1. The molecule has 1 aliphatic heterocycles. The van der Waals surface area contributed by atoms with Gasteiger partial charge in [0.15, 0.2) is 0 Å². The Kier molecular flexibility index (Phi) is 1.33. The van der Waals surface area contributed by atoms with Gasteiger partial charge in [-0.15, -0.1) is 0 Å². The van der Waals surface area contributed by atoms with E-state index in [1.165, 1.54) is 0 Å². The third-order valence-corrected chi connectivity index (χ3v) is 0.990. The summed E-state index contributed by atoms with van der Waals surface area (Å²) in [4.78, 5) is 4.78. The fraction of sp³-hybridized carbons (Fsp3) is 0.500. The first-order valence-corrected chi connectivity index (χ1v) is 2.68. The maximum Gasteiger partial charge on any atom is 0.128 e. The van der Waals surface area contributed by atoms with Gasteiger partial charge in [0.25, 0.3) is 0 Å². The van der Waals surface area contributed by atoms with Gasteiger partial charge in [-0.05, 0) is 13.0 Å². The van der Waals surface area contributed by atoms with Crippen molar-refractivity contribution in [2.45, 2.75) is 13.8 Å². The molecular weight excluding hydrogens is 102 g/mol. The molecule has 0 aromatic rings. The second-order valence-corrected chi connectivity index (χ2v) is 1.98. The van der Waals surface area contributed by atoms with Crippen LogP contribution in [0.3, 0.4) is 0 Å². The minimum Gasteiger partial charge on any atom is -0.362 e. The molecule has 1 heterocycles. The van der Waals surface area contributed by atoms with Crippen LogP contribution in [0.2, 0.25) is 0 Å². The second-order valence-electron chi connectivity index (χ2n) is 1.98. The lowest BCUT2D eigenvalue weighted by molar-refractivity contribution is 0.222. The van der Waals surface area contributed by atoms with Crippen molar-refractivity contribution < 1.29 is 4.84 Å². The molecule has 0 fully saturated rings. The van der Waals surface area contributed by atoms with Crippen molar-refractivity contribution in [2.75, 3.05) is 0 Å². The number of hydrogen-bond acceptors (Lipinski definition) is 2. The fourth-order valence-corrected chi connectivity index (χ4v) is 0.653. The summed E-state index contributed by atoms with van der Waals surface area (Å²) in [7, 11) is 0. The van der Waals surface area contributed by atoms with E-state index in [1.54, 1.807) is 6.21 Å².